The summed E-state index contributed by atoms with van der Waals surface area (Å²) in [4.78, 5) is 14.3. The number of hydrogen-bond donors (Lipinski definition) is 0. The van der Waals surface area contributed by atoms with Gasteiger partial charge in [0.1, 0.15) is 5.60 Å². The summed E-state index contributed by atoms with van der Waals surface area (Å²) in [5, 5.41) is 0. The summed E-state index contributed by atoms with van der Waals surface area (Å²) in [6.07, 6.45) is 4.51. The predicted octanol–water partition coefficient (Wildman–Crippen LogP) is 3.32. The molecular formula is C20H25F2NO3. The fourth-order valence-corrected chi connectivity index (χ4v) is 4.09. The minimum absolute atomic E-state index is 0.223. The molecule has 0 N–H and O–H groups in total. The second-order valence-electron chi connectivity index (χ2n) is 7.95. The van der Waals surface area contributed by atoms with E-state index in [1.165, 1.54) is 12.8 Å². The number of ether oxygens (including phenoxy) is 2. The van der Waals surface area contributed by atoms with Gasteiger partial charge in [0, 0.05) is 25.4 Å². The standard InChI is InChI=1S/C20H25F2NO3/c1-13-8-17(21)18(22)9-16(13)19(24)23-11-20(12-23)15(5-7-26-20)4-6-25-10-14-2-3-14/h8-9,14-15H,2-7,10-12H2,1H3/t15-/m1/s1. The second kappa shape index (κ2) is 6.89. The van der Waals surface area contributed by atoms with Crippen LogP contribution in [0, 0.1) is 30.4 Å². The third-order valence-corrected chi connectivity index (χ3v) is 5.96. The van der Waals surface area contributed by atoms with Crippen LogP contribution in [0.4, 0.5) is 8.78 Å². The number of amides is 1. The fraction of sp³-hybridized carbons (Fsp3) is 0.650. The van der Waals surface area contributed by atoms with Crippen LogP contribution in [0.5, 0.6) is 0 Å². The van der Waals surface area contributed by atoms with Crippen LogP contribution in [0.25, 0.3) is 0 Å². The zero-order chi connectivity index (χ0) is 18.3. The summed E-state index contributed by atoms with van der Waals surface area (Å²) in [5.74, 6) is -1.02. The van der Waals surface area contributed by atoms with Gasteiger partial charge in [-0.25, -0.2) is 8.78 Å². The lowest BCUT2D eigenvalue weighted by atomic mass is 9.78. The summed E-state index contributed by atoms with van der Waals surface area (Å²) < 4.78 is 38.5. The zero-order valence-electron chi connectivity index (χ0n) is 15.1. The Labute approximate surface area is 152 Å². The monoisotopic (exact) mass is 365 g/mol. The Kier molecular flexibility index (Phi) is 4.73. The van der Waals surface area contributed by atoms with Crippen molar-refractivity contribution in [3.05, 3.63) is 34.9 Å². The first-order chi connectivity index (χ1) is 12.5. The maximum atomic E-state index is 13.5. The van der Waals surface area contributed by atoms with Gasteiger partial charge < -0.3 is 14.4 Å². The number of halogens is 2. The van der Waals surface area contributed by atoms with E-state index in [-0.39, 0.29) is 17.1 Å². The summed E-state index contributed by atoms with van der Waals surface area (Å²) >= 11 is 0. The number of rotatable bonds is 6. The zero-order valence-corrected chi connectivity index (χ0v) is 15.1. The Balaban J connectivity index is 1.34. The molecule has 0 unspecified atom stereocenters. The predicted molar refractivity (Wildman–Crippen MR) is 91.9 cm³/mol. The van der Waals surface area contributed by atoms with Crippen molar-refractivity contribution < 1.29 is 23.0 Å². The number of carbonyl (C=O) groups is 1. The topological polar surface area (TPSA) is 38.8 Å². The van der Waals surface area contributed by atoms with E-state index in [9.17, 15) is 13.6 Å². The average Bonchev–Trinajstić information content (AvgIpc) is 3.30. The van der Waals surface area contributed by atoms with Crippen molar-refractivity contribution in [2.75, 3.05) is 32.9 Å². The van der Waals surface area contributed by atoms with Gasteiger partial charge in [-0.15, -0.1) is 0 Å². The van der Waals surface area contributed by atoms with Gasteiger partial charge in [0.2, 0.25) is 0 Å². The van der Waals surface area contributed by atoms with Gasteiger partial charge in [0.25, 0.3) is 5.91 Å². The molecule has 0 radical (unpaired) electrons. The van der Waals surface area contributed by atoms with E-state index in [4.69, 9.17) is 9.47 Å². The van der Waals surface area contributed by atoms with Crippen LogP contribution >= 0.6 is 0 Å². The van der Waals surface area contributed by atoms with Crippen molar-refractivity contribution in [3.63, 3.8) is 0 Å². The highest BCUT2D eigenvalue weighted by atomic mass is 19.2. The van der Waals surface area contributed by atoms with Gasteiger partial charge in [0.05, 0.1) is 13.1 Å². The van der Waals surface area contributed by atoms with E-state index < -0.39 is 11.6 Å². The van der Waals surface area contributed by atoms with Crippen LogP contribution in [0.3, 0.4) is 0 Å². The molecule has 4 nitrogen and oxygen atoms in total. The Morgan fingerprint density at radius 3 is 2.73 bits per heavy atom. The highest BCUT2D eigenvalue weighted by molar-refractivity contribution is 5.96. The number of carbonyl (C=O) groups excluding carboxylic acids is 1. The molecule has 1 saturated carbocycles. The molecule has 142 valence electrons. The molecule has 3 fully saturated rings. The van der Waals surface area contributed by atoms with Gasteiger partial charge in [-0.3, -0.25) is 4.79 Å². The third-order valence-electron chi connectivity index (χ3n) is 5.96. The van der Waals surface area contributed by atoms with Crippen LogP contribution < -0.4 is 0 Å². The molecule has 3 aliphatic rings. The van der Waals surface area contributed by atoms with E-state index in [1.807, 2.05) is 0 Å². The largest absolute Gasteiger partial charge is 0.381 e. The number of benzene rings is 1. The van der Waals surface area contributed by atoms with E-state index in [2.05, 4.69) is 0 Å². The number of likely N-dealkylation sites (tertiary alicyclic amines) is 1. The maximum Gasteiger partial charge on any atom is 0.254 e. The Hall–Kier alpha value is -1.53. The highest BCUT2D eigenvalue weighted by Crippen LogP contribution is 2.42. The lowest BCUT2D eigenvalue weighted by Gasteiger charge is -2.50. The molecule has 1 atom stereocenters. The molecule has 1 amide bonds. The molecular weight excluding hydrogens is 340 g/mol. The van der Waals surface area contributed by atoms with Gasteiger partial charge in [-0.2, -0.15) is 0 Å². The van der Waals surface area contributed by atoms with Crippen LogP contribution in [0.2, 0.25) is 0 Å². The van der Waals surface area contributed by atoms with Gasteiger partial charge in [0.15, 0.2) is 11.6 Å². The van der Waals surface area contributed by atoms with Crippen molar-refractivity contribution in [1.29, 1.82) is 0 Å². The second-order valence-corrected chi connectivity index (χ2v) is 7.95. The van der Waals surface area contributed by atoms with E-state index in [0.29, 0.717) is 31.2 Å². The molecule has 0 bridgehead atoms. The lowest BCUT2D eigenvalue weighted by Crippen LogP contribution is -2.66. The molecule has 1 aromatic carbocycles. The SMILES string of the molecule is Cc1cc(F)c(F)cc1C(=O)N1CC2(C1)OCC[C@H]2CCOCC1CC1. The van der Waals surface area contributed by atoms with Crippen LogP contribution in [0.1, 0.15) is 41.6 Å². The summed E-state index contributed by atoms with van der Waals surface area (Å²) in [5.41, 5.74) is 0.388. The van der Waals surface area contributed by atoms with Crippen molar-refractivity contribution in [3.8, 4) is 0 Å². The Bertz CT molecular complexity index is 699. The number of hydrogen-bond acceptors (Lipinski definition) is 3. The molecule has 2 saturated heterocycles. The lowest BCUT2D eigenvalue weighted by molar-refractivity contribution is -0.120. The summed E-state index contributed by atoms with van der Waals surface area (Å²) in [7, 11) is 0. The first-order valence-electron chi connectivity index (χ1n) is 9.45. The van der Waals surface area contributed by atoms with E-state index in [1.54, 1.807) is 11.8 Å². The number of aryl methyl sites for hydroxylation is 1. The van der Waals surface area contributed by atoms with Gasteiger partial charge >= 0.3 is 0 Å². The Morgan fingerprint density at radius 1 is 1.27 bits per heavy atom. The summed E-state index contributed by atoms with van der Waals surface area (Å²) in [6, 6.07) is 2.07. The van der Waals surface area contributed by atoms with Crippen molar-refractivity contribution in [2.45, 2.75) is 38.2 Å². The molecule has 0 aromatic heterocycles. The van der Waals surface area contributed by atoms with Gasteiger partial charge in [-0.05, 0) is 62.1 Å². The van der Waals surface area contributed by atoms with Gasteiger partial charge in [-0.1, -0.05) is 0 Å². The molecule has 2 aliphatic heterocycles. The van der Waals surface area contributed by atoms with Crippen LogP contribution in [-0.2, 0) is 9.47 Å². The minimum Gasteiger partial charge on any atom is -0.381 e. The number of nitrogens with zero attached hydrogens (tertiary/aromatic N) is 1. The smallest absolute Gasteiger partial charge is 0.254 e. The molecule has 26 heavy (non-hydrogen) atoms. The average molecular weight is 365 g/mol. The molecule has 6 heteroatoms. The van der Waals surface area contributed by atoms with Crippen molar-refractivity contribution in [2.24, 2.45) is 11.8 Å². The molecule has 1 aliphatic carbocycles. The fourth-order valence-electron chi connectivity index (χ4n) is 4.09. The third kappa shape index (κ3) is 3.37. The molecule has 1 spiro atoms. The molecule has 2 heterocycles. The quantitative estimate of drug-likeness (QED) is 0.726. The van der Waals surface area contributed by atoms with Crippen molar-refractivity contribution >= 4 is 5.91 Å². The first kappa shape index (κ1) is 17.9. The normalized spacial score (nSPS) is 24.1. The maximum absolute atomic E-state index is 13.5. The van der Waals surface area contributed by atoms with Crippen LogP contribution in [0.15, 0.2) is 12.1 Å². The first-order valence-corrected chi connectivity index (χ1v) is 9.45. The molecule has 4 rings (SSSR count). The highest BCUT2D eigenvalue weighted by Gasteiger charge is 2.54. The van der Waals surface area contributed by atoms with Crippen LogP contribution in [-0.4, -0.2) is 49.3 Å². The van der Waals surface area contributed by atoms with E-state index >= 15 is 0 Å². The summed E-state index contributed by atoms with van der Waals surface area (Å²) in [6.45, 7) is 4.95. The van der Waals surface area contributed by atoms with Crippen molar-refractivity contribution in [1.82, 2.24) is 4.90 Å². The Morgan fingerprint density at radius 2 is 2.00 bits per heavy atom. The van der Waals surface area contributed by atoms with E-state index in [0.717, 1.165) is 44.1 Å². The minimum atomic E-state index is -0.989. The molecule has 1 aromatic rings.